The molecule has 10 heteroatoms. The van der Waals surface area contributed by atoms with Crippen LogP contribution in [0, 0.1) is 5.82 Å². The maximum Gasteiger partial charge on any atom is 0.269 e. The highest BCUT2D eigenvalue weighted by Gasteiger charge is 2.12. The Bertz CT molecular complexity index is 1000. The van der Waals surface area contributed by atoms with Gasteiger partial charge in [-0.05, 0) is 36.4 Å². The Hall–Kier alpha value is -2.91. The third-order valence-electron chi connectivity index (χ3n) is 3.45. The molecule has 3 rings (SSSR count). The third kappa shape index (κ3) is 4.63. The van der Waals surface area contributed by atoms with E-state index in [4.69, 9.17) is 17.3 Å². The van der Waals surface area contributed by atoms with Gasteiger partial charge in [0.25, 0.3) is 5.91 Å². The molecule has 0 unspecified atom stereocenters. The van der Waals surface area contributed by atoms with E-state index in [0.29, 0.717) is 15.1 Å². The van der Waals surface area contributed by atoms with Gasteiger partial charge < -0.3 is 11.1 Å². The number of nitrogens with one attached hydrogen (secondary N) is 3. The number of aromatic nitrogens is 2. The van der Waals surface area contributed by atoms with Crippen LogP contribution >= 0.6 is 27.5 Å². The van der Waals surface area contributed by atoms with Gasteiger partial charge in [-0.1, -0.05) is 33.6 Å². The number of nitrogen functional groups attached to an aromatic ring is 1. The lowest BCUT2D eigenvalue weighted by Crippen LogP contribution is -2.30. The maximum absolute atomic E-state index is 14.0. The van der Waals surface area contributed by atoms with Crippen molar-refractivity contribution in [3.05, 3.63) is 69.7 Å². The summed E-state index contributed by atoms with van der Waals surface area (Å²) in [6.45, 7) is 0. The number of hydrogen-bond acceptors (Lipinski definition) is 6. The Kier molecular flexibility index (Phi) is 5.72. The summed E-state index contributed by atoms with van der Waals surface area (Å²) in [6.07, 6.45) is 1.23. The molecule has 2 aromatic carbocycles. The van der Waals surface area contributed by atoms with E-state index in [2.05, 4.69) is 42.1 Å². The minimum atomic E-state index is -0.480. The van der Waals surface area contributed by atoms with E-state index in [-0.39, 0.29) is 23.0 Å². The number of benzene rings is 2. The number of nitrogens with two attached hydrogens (primary N) is 1. The molecule has 138 valence electrons. The second-order valence-electron chi connectivity index (χ2n) is 5.32. The van der Waals surface area contributed by atoms with E-state index in [1.54, 1.807) is 24.3 Å². The quantitative estimate of drug-likeness (QED) is 0.435. The molecule has 0 atom stereocenters. The van der Waals surface area contributed by atoms with E-state index in [1.807, 2.05) is 0 Å². The molecule has 5 N–H and O–H groups in total. The number of rotatable bonds is 5. The van der Waals surface area contributed by atoms with Gasteiger partial charge in [0.1, 0.15) is 17.8 Å². The number of amides is 1. The topological polar surface area (TPSA) is 105 Å². The van der Waals surface area contributed by atoms with Gasteiger partial charge in [-0.25, -0.2) is 14.4 Å². The first kappa shape index (κ1) is 18.9. The van der Waals surface area contributed by atoms with Crippen LogP contribution in [-0.2, 0) is 0 Å². The van der Waals surface area contributed by atoms with Crippen molar-refractivity contribution in [3.8, 4) is 0 Å². The number of carbonyl (C=O) groups excluding carboxylic acids is 1. The van der Waals surface area contributed by atoms with Crippen LogP contribution in [0.2, 0.25) is 5.02 Å². The van der Waals surface area contributed by atoms with Gasteiger partial charge in [0, 0.05) is 15.1 Å². The van der Waals surface area contributed by atoms with Crippen molar-refractivity contribution in [2.24, 2.45) is 0 Å². The first-order valence-corrected chi connectivity index (χ1v) is 8.75. The van der Waals surface area contributed by atoms with E-state index >= 15 is 0 Å². The molecule has 1 aromatic heterocycles. The molecular formula is C17H13BrClFN6O. The molecule has 7 nitrogen and oxygen atoms in total. The minimum Gasteiger partial charge on any atom is -0.393 e. The van der Waals surface area contributed by atoms with Gasteiger partial charge in [-0.3, -0.25) is 15.6 Å². The summed E-state index contributed by atoms with van der Waals surface area (Å²) in [5.74, 6) is -0.568. The maximum atomic E-state index is 14.0. The zero-order chi connectivity index (χ0) is 19.4. The Balaban J connectivity index is 1.74. The Morgan fingerprint density at radius 2 is 1.93 bits per heavy atom. The van der Waals surface area contributed by atoms with Crippen LogP contribution in [0.4, 0.5) is 27.4 Å². The zero-order valence-corrected chi connectivity index (χ0v) is 16.0. The summed E-state index contributed by atoms with van der Waals surface area (Å²) >= 11 is 9.06. The summed E-state index contributed by atoms with van der Waals surface area (Å²) in [5.41, 5.74) is 11.7. The molecule has 27 heavy (non-hydrogen) atoms. The summed E-state index contributed by atoms with van der Waals surface area (Å²) in [5, 5.41) is 3.23. The van der Waals surface area contributed by atoms with Crippen LogP contribution in [0.15, 0.2) is 53.3 Å². The van der Waals surface area contributed by atoms with E-state index in [0.717, 1.165) is 0 Å². The number of anilines is 4. The van der Waals surface area contributed by atoms with Gasteiger partial charge in [0.2, 0.25) is 0 Å². The molecule has 1 heterocycles. The van der Waals surface area contributed by atoms with Gasteiger partial charge in [0.05, 0.1) is 5.69 Å². The first-order valence-electron chi connectivity index (χ1n) is 7.58. The normalized spacial score (nSPS) is 10.3. The van der Waals surface area contributed by atoms with Crippen LogP contribution in [-0.4, -0.2) is 15.9 Å². The third-order valence-corrected chi connectivity index (χ3v) is 4.18. The number of hydrazine groups is 1. The van der Waals surface area contributed by atoms with Crippen molar-refractivity contribution in [2.45, 2.75) is 0 Å². The standard InChI is InChI=1S/C17H13BrClFN6O/c18-10-4-5-13(12(20)7-10)24-15-14(21)16(23-8-22-15)25-26-17(27)9-2-1-3-11(19)6-9/h1-8H,21H2,(H,26,27)(H2,22,23,24,25). The largest absolute Gasteiger partial charge is 0.393 e. The van der Waals surface area contributed by atoms with Crippen molar-refractivity contribution >= 4 is 56.4 Å². The fraction of sp³-hybridized carbons (Fsp3) is 0. The van der Waals surface area contributed by atoms with E-state index in [1.165, 1.54) is 24.5 Å². The first-order chi connectivity index (χ1) is 12.9. The molecule has 1 amide bonds. The van der Waals surface area contributed by atoms with Gasteiger partial charge in [-0.2, -0.15) is 0 Å². The van der Waals surface area contributed by atoms with Crippen LogP contribution in [0.3, 0.4) is 0 Å². The zero-order valence-electron chi connectivity index (χ0n) is 13.6. The summed E-state index contributed by atoms with van der Waals surface area (Å²) in [4.78, 5) is 20.1. The highest BCUT2D eigenvalue weighted by molar-refractivity contribution is 9.10. The fourth-order valence-electron chi connectivity index (χ4n) is 2.13. The summed E-state index contributed by atoms with van der Waals surface area (Å²) in [7, 11) is 0. The minimum absolute atomic E-state index is 0.103. The Labute approximate surface area is 167 Å². The Morgan fingerprint density at radius 3 is 2.67 bits per heavy atom. The molecule has 0 saturated heterocycles. The second kappa shape index (κ2) is 8.19. The summed E-state index contributed by atoms with van der Waals surface area (Å²) in [6, 6.07) is 11.0. The SMILES string of the molecule is Nc1c(NNC(=O)c2cccc(Cl)c2)ncnc1Nc1ccc(Br)cc1F. The van der Waals surface area contributed by atoms with Crippen LogP contribution in [0.5, 0.6) is 0 Å². The Morgan fingerprint density at radius 1 is 1.15 bits per heavy atom. The van der Waals surface area contributed by atoms with Gasteiger partial charge >= 0.3 is 0 Å². The monoisotopic (exact) mass is 450 g/mol. The number of hydrogen-bond donors (Lipinski definition) is 4. The molecule has 0 aliphatic heterocycles. The summed E-state index contributed by atoms with van der Waals surface area (Å²) < 4.78 is 14.6. The van der Waals surface area contributed by atoms with Crippen LogP contribution < -0.4 is 21.9 Å². The van der Waals surface area contributed by atoms with Crippen molar-refractivity contribution in [1.29, 1.82) is 0 Å². The highest BCUT2D eigenvalue weighted by Crippen LogP contribution is 2.28. The van der Waals surface area contributed by atoms with E-state index < -0.39 is 11.7 Å². The lowest BCUT2D eigenvalue weighted by atomic mass is 10.2. The van der Waals surface area contributed by atoms with Gasteiger partial charge in [0.15, 0.2) is 11.6 Å². The lowest BCUT2D eigenvalue weighted by molar-refractivity contribution is 0.0962. The molecule has 0 saturated carbocycles. The van der Waals surface area contributed by atoms with Crippen LogP contribution in [0.1, 0.15) is 10.4 Å². The second-order valence-corrected chi connectivity index (χ2v) is 6.68. The molecule has 0 radical (unpaired) electrons. The number of carbonyl (C=O) groups is 1. The van der Waals surface area contributed by atoms with Crippen molar-refractivity contribution < 1.29 is 9.18 Å². The molecule has 0 fully saturated rings. The fourth-order valence-corrected chi connectivity index (χ4v) is 2.65. The molecule has 0 aliphatic carbocycles. The van der Waals surface area contributed by atoms with Gasteiger partial charge in [-0.15, -0.1) is 0 Å². The molecule has 0 spiro atoms. The predicted molar refractivity (Wildman–Crippen MR) is 106 cm³/mol. The number of halogens is 3. The van der Waals surface area contributed by atoms with Crippen molar-refractivity contribution in [2.75, 3.05) is 16.5 Å². The van der Waals surface area contributed by atoms with Crippen molar-refractivity contribution in [3.63, 3.8) is 0 Å². The molecule has 3 aromatic rings. The average molecular weight is 452 g/mol. The average Bonchev–Trinajstić information content (AvgIpc) is 2.64. The van der Waals surface area contributed by atoms with Crippen LogP contribution in [0.25, 0.3) is 0 Å². The smallest absolute Gasteiger partial charge is 0.269 e. The lowest BCUT2D eigenvalue weighted by Gasteiger charge is -2.13. The van der Waals surface area contributed by atoms with Crippen molar-refractivity contribution in [1.82, 2.24) is 15.4 Å². The molecule has 0 bridgehead atoms. The molecular weight excluding hydrogens is 439 g/mol. The predicted octanol–water partition coefficient (Wildman–Crippen LogP) is 4.11. The van der Waals surface area contributed by atoms with E-state index in [9.17, 15) is 9.18 Å². The number of nitrogens with zero attached hydrogens (tertiary/aromatic N) is 2. The molecule has 0 aliphatic rings. The highest BCUT2D eigenvalue weighted by atomic mass is 79.9.